The smallest absolute Gasteiger partial charge is 0.336 e. The molecule has 0 unspecified atom stereocenters. The van der Waals surface area contributed by atoms with Crippen molar-refractivity contribution in [2.75, 3.05) is 19.5 Å². The lowest BCUT2D eigenvalue weighted by Crippen LogP contribution is -2.01. The summed E-state index contributed by atoms with van der Waals surface area (Å²) in [6.45, 7) is 1.12. The van der Waals surface area contributed by atoms with Crippen LogP contribution in [0.4, 0.5) is 0 Å². The number of carboxylic acids is 1. The van der Waals surface area contributed by atoms with E-state index < -0.39 is 5.97 Å². The molecule has 0 saturated carbocycles. The first kappa shape index (κ1) is 16.7. The lowest BCUT2D eigenvalue weighted by Gasteiger charge is -2.12. The Morgan fingerprint density at radius 1 is 1.08 bits per heavy atom. The number of carbonyl (C=O) groups is 1. The molecular weight excluding hydrogens is 350 g/mol. The van der Waals surface area contributed by atoms with Crippen molar-refractivity contribution in [2.24, 2.45) is 0 Å². The molecule has 26 heavy (non-hydrogen) atoms. The van der Waals surface area contributed by atoms with Gasteiger partial charge >= 0.3 is 5.97 Å². The van der Waals surface area contributed by atoms with Crippen molar-refractivity contribution in [1.82, 2.24) is 4.98 Å². The molecule has 2 heterocycles. The monoisotopic (exact) mass is 367 g/mol. The summed E-state index contributed by atoms with van der Waals surface area (Å²) in [7, 11) is 0. The molecule has 4 rings (SSSR count). The van der Waals surface area contributed by atoms with E-state index in [0.29, 0.717) is 41.3 Å². The third-order valence-corrected chi connectivity index (χ3v) is 5.04. The van der Waals surface area contributed by atoms with Crippen molar-refractivity contribution in [2.45, 2.75) is 11.3 Å². The minimum absolute atomic E-state index is 0.203. The number of hydrogen-bond donors (Lipinski definition) is 1. The molecule has 0 aliphatic carbocycles. The fourth-order valence-electron chi connectivity index (χ4n) is 2.97. The van der Waals surface area contributed by atoms with E-state index in [4.69, 9.17) is 9.47 Å². The zero-order valence-electron chi connectivity index (χ0n) is 14.2. The topological polar surface area (TPSA) is 68.7 Å². The van der Waals surface area contributed by atoms with Gasteiger partial charge in [-0.15, -0.1) is 11.8 Å². The zero-order valence-corrected chi connectivity index (χ0v) is 15.0. The highest BCUT2D eigenvalue weighted by Crippen LogP contribution is 2.36. The van der Waals surface area contributed by atoms with Crippen molar-refractivity contribution in [3.63, 3.8) is 0 Å². The van der Waals surface area contributed by atoms with Gasteiger partial charge in [-0.3, -0.25) is 0 Å². The maximum absolute atomic E-state index is 11.8. The number of thioether (sulfide) groups is 1. The van der Waals surface area contributed by atoms with E-state index in [2.05, 4.69) is 4.98 Å². The normalized spacial score (nSPS) is 13.4. The van der Waals surface area contributed by atoms with Crippen LogP contribution >= 0.6 is 11.8 Å². The van der Waals surface area contributed by atoms with E-state index in [-0.39, 0.29) is 5.56 Å². The van der Waals surface area contributed by atoms with Gasteiger partial charge in [0.25, 0.3) is 0 Å². The minimum atomic E-state index is -0.992. The van der Waals surface area contributed by atoms with Crippen LogP contribution in [-0.2, 0) is 0 Å². The molecule has 0 saturated heterocycles. The van der Waals surface area contributed by atoms with E-state index in [1.54, 1.807) is 30.0 Å². The fourth-order valence-corrected chi connectivity index (χ4v) is 3.38. The van der Waals surface area contributed by atoms with E-state index in [9.17, 15) is 9.90 Å². The molecular formula is C20H17NO4S. The SMILES string of the molecule is CSc1ccc(-c2cc(C(=O)O)c3cc4c(cc3n2)OCCCO4)cc1. The summed E-state index contributed by atoms with van der Waals surface area (Å²) in [5.41, 5.74) is 2.28. The standard InChI is InChI=1S/C20H17NO4S/c1-26-13-5-3-12(4-6-13)16-9-15(20(22)23)14-10-18-19(11-17(14)21-16)25-8-2-7-24-18/h3-6,9-11H,2,7-8H2,1H3,(H,22,23). The Morgan fingerprint density at radius 2 is 1.77 bits per heavy atom. The molecule has 5 nitrogen and oxygen atoms in total. The van der Waals surface area contributed by atoms with Gasteiger partial charge in [0.2, 0.25) is 0 Å². The Bertz CT molecular complexity index is 985. The maximum Gasteiger partial charge on any atom is 0.336 e. The summed E-state index contributed by atoms with van der Waals surface area (Å²) in [4.78, 5) is 17.7. The van der Waals surface area contributed by atoms with Crippen LogP contribution in [0.2, 0.25) is 0 Å². The molecule has 0 fully saturated rings. The van der Waals surface area contributed by atoms with Gasteiger partial charge < -0.3 is 14.6 Å². The van der Waals surface area contributed by atoms with Gasteiger partial charge in [0.05, 0.1) is 30.0 Å². The van der Waals surface area contributed by atoms with Crippen molar-refractivity contribution < 1.29 is 19.4 Å². The summed E-state index contributed by atoms with van der Waals surface area (Å²) in [5.74, 6) is 0.180. The predicted octanol–water partition coefficient (Wildman–Crippen LogP) is 4.48. The van der Waals surface area contributed by atoms with Gasteiger partial charge in [-0.1, -0.05) is 12.1 Å². The number of aromatic nitrogens is 1. The second-order valence-corrected chi connectivity index (χ2v) is 6.83. The van der Waals surface area contributed by atoms with Crippen LogP contribution in [0.25, 0.3) is 22.2 Å². The first-order valence-electron chi connectivity index (χ1n) is 8.28. The third kappa shape index (κ3) is 3.08. The summed E-state index contributed by atoms with van der Waals surface area (Å²) in [6.07, 6.45) is 2.80. The number of pyridine rings is 1. The lowest BCUT2D eigenvalue weighted by atomic mass is 10.0. The number of hydrogen-bond acceptors (Lipinski definition) is 5. The Kier molecular flexibility index (Phi) is 4.42. The fraction of sp³-hybridized carbons (Fsp3) is 0.200. The molecule has 0 atom stereocenters. The van der Waals surface area contributed by atoms with E-state index >= 15 is 0 Å². The van der Waals surface area contributed by atoms with Crippen LogP contribution in [-0.4, -0.2) is 35.5 Å². The molecule has 1 N–H and O–H groups in total. The second-order valence-electron chi connectivity index (χ2n) is 5.96. The zero-order chi connectivity index (χ0) is 18.1. The molecule has 1 aromatic heterocycles. The summed E-state index contributed by atoms with van der Waals surface area (Å²) >= 11 is 1.66. The molecule has 0 bridgehead atoms. The quantitative estimate of drug-likeness (QED) is 0.688. The molecule has 0 radical (unpaired) electrons. The van der Waals surface area contributed by atoms with Crippen LogP contribution < -0.4 is 9.47 Å². The Labute approximate surface area is 155 Å². The minimum Gasteiger partial charge on any atom is -0.490 e. The number of nitrogens with zero attached hydrogens (tertiary/aromatic N) is 1. The lowest BCUT2D eigenvalue weighted by molar-refractivity contribution is 0.0699. The van der Waals surface area contributed by atoms with Gasteiger partial charge in [-0.2, -0.15) is 0 Å². The van der Waals surface area contributed by atoms with Gasteiger partial charge in [-0.05, 0) is 30.5 Å². The van der Waals surface area contributed by atoms with Crippen molar-refractivity contribution in [3.8, 4) is 22.8 Å². The van der Waals surface area contributed by atoms with Gasteiger partial charge in [0, 0.05) is 28.3 Å². The van der Waals surface area contributed by atoms with Crippen LogP contribution in [0.3, 0.4) is 0 Å². The molecule has 3 aromatic rings. The first-order chi connectivity index (χ1) is 12.7. The largest absolute Gasteiger partial charge is 0.490 e. The van der Waals surface area contributed by atoms with E-state index in [1.165, 1.54) is 0 Å². The number of ether oxygens (including phenoxy) is 2. The molecule has 6 heteroatoms. The molecule has 132 valence electrons. The summed E-state index contributed by atoms with van der Waals surface area (Å²) in [5, 5.41) is 10.2. The Hall–Kier alpha value is -2.73. The molecule has 0 amide bonds. The first-order valence-corrected chi connectivity index (χ1v) is 9.50. The van der Waals surface area contributed by atoms with Crippen molar-refractivity contribution in [3.05, 3.63) is 48.0 Å². The van der Waals surface area contributed by atoms with Gasteiger partial charge in [0.15, 0.2) is 11.5 Å². The highest BCUT2D eigenvalue weighted by Gasteiger charge is 2.18. The summed E-state index contributed by atoms with van der Waals surface area (Å²) < 4.78 is 11.4. The van der Waals surface area contributed by atoms with Gasteiger partial charge in [-0.25, -0.2) is 9.78 Å². The Morgan fingerprint density at radius 3 is 2.42 bits per heavy atom. The Balaban J connectivity index is 1.90. The summed E-state index contributed by atoms with van der Waals surface area (Å²) in [6, 6.07) is 13.0. The highest BCUT2D eigenvalue weighted by atomic mass is 32.2. The van der Waals surface area contributed by atoms with Crippen molar-refractivity contribution in [1.29, 1.82) is 0 Å². The molecule has 2 aromatic carbocycles. The van der Waals surface area contributed by atoms with Crippen LogP contribution in [0.15, 0.2) is 47.4 Å². The molecule has 1 aliphatic rings. The number of benzene rings is 2. The molecule has 0 spiro atoms. The second kappa shape index (κ2) is 6.88. The van der Waals surface area contributed by atoms with Crippen LogP contribution in [0.5, 0.6) is 11.5 Å². The average molecular weight is 367 g/mol. The number of aromatic carboxylic acids is 1. The maximum atomic E-state index is 11.8. The predicted molar refractivity (Wildman–Crippen MR) is 102 cm³/mol. The van der Waals surface area contributed by atoms with Crippen molar-refractivity contribution >= 4 is 28.6 Å². The van der Waals surface area contributed by atoms with Crippen LogP contribution in [0, 0.1) is 0 Å². The van der Waals surface area contributed by atoms with E-state index in [0.717, 1.165) is 16.9 Å². The average Bonchev–Trinajstić information content (AvgIpc) is 2.90. The number of rotatable bonds is 3. The van der Waals surface area contributed by atoms with E-state index in [1.807, 2.05) is 30.5 Å². The van der Waals surface area contributed by atoms with Crippen LogP contribution in [0.1, 0.15) is 16.8 Å². The number of carboxylic acid groups (broad SMARTS) is 1. The number of fused-ring (bicyclic) bond motifs is 2. The third-order valence-electron chi connectivity index (χ3n) is 4.29. The molecule has 1 aliphatic heterocycles. The van der Waals surface area contributed by atoms with Gasteiger partial charge in [0.1, 0.15) is 0 Å². The highest BCUT2D eigenvalue weighted by molar-refractivity contribution is 7.98.